The molecule has 1 aliphatic carbocycles. The lowest BCUT2D eigenvalue weighted by atomic mass is 10.1. The van der Waals surface area contributed by atoms with Crippen LogP contribution in [0.15, 0.2) is 29.2 Å². The number of hydrazine groups is 1. The maximum Gasteiger partial charge on any atom is 0.242 e. The number of hydrogen-bond acceptors (Lipinski definition) is 4. The minimum atomic E-state index is -3.50. The van der Waals surface area contributed by atoms with E-state index in [0.29, 0.717) is 24.1 Å². The average Bonchev–Trinajstić information content (AvgIpc) is 3.20. The Labute approximate surface area is 108 Å². The predicted octanol–water partition coefficient (Wildman–Crippen LogP) is 1.30. The van der Waals surface area contributed by atoms with Crippen molar-refractivity contribution in [3.05, 3.63) is 24.3 Å². The van der Waals surface area contributed by atoms with Gasteiger partial charge in [0, 0.05) is 6.54 Å². The van der Waals surface area contributed by atoms with E-state index in [1.54, 1.807) is 24.3 Å². The van der Waals surface area contributed by atoms with Crippen molar-refractivity contribution in [2.75, 3.05) is 12.0 Å². The summed E-state index contributed by atoms with van der Waals surface area (Å²) in [6.07, 6.45) is 2.42. The molecule has 1 atom stereocenters. The fraction of sp³-hybridized carbons (Fsp3) is 0.500. The SMILES string of the molecule is CC(CNS(=O)(=O)c1ccccc1NN)C1CC1. The minimum absolute atomic E-state index is 0.190. The van der Waals surface area contributed by atoms with Gasteiger partial charge >= 0.3 is 0 Å². The molecule has 0 amide bonds. The van der Waals surface area contributed by atoms with Gasteiger partial charge < -0.3 is 5.43 Å². The lowest BCUT2D eigenvalue weighted by Gasteiger charge is -2.14. The van der Waals surface area contributed by atoms with Gasteiger partial charge in [-0.1, -0.05) is 19.1 Å². The smallest absolute Gasteiger partial charge is 0.242 e. The van der Waals surface area contributed by atoms with Gasteiger partial charge in [0.05, 0.1) is 5.69 Å². The summed E-state index contributed by atoms with van der Waals surface area (Å²) in [4.78, 5) is 0.190. The minimum Gasteiger partial charge on any atom is -0.323 e. The zero-order valence-corrected chi connectivity index (χ0v) is 11.2. The van der Waals surface area contributed by atoms with Crippen LogP contribution < -0.4 is 16.0 Å². The third kappa shape index (κ3) is 3.01. The topological polar surface area (TPSA) is 84.2 Å². The first-order valence-corrected chi connectivity index (χ1v) is 7.58. The quantitative estimate of drug-likeness (QED) is 0.537. The van der Waals surface area contributed by atoms with Gasteiger partial charge in [-0.05, 0) is 36.8 Å². The molecule has 1 saturated carbocycles. The number of anilines is 1. The molecule has 0 bridgehead atoms. The molecule has 2 rings (SSSR count). The van der Waals surface area contributed by atoms with E-state index in [9.17, 15) is 8.42 Å². The molecule has 1 aromatic carbocycles. The molecule has 0 radical (unpaired) electrons. The van der Waals surface area contributed by atoms with Crippen molar-refractivity contribution < 1.29 is 8.42 Å². The molecule has 6 heteroatoms. The maximum atomic E-state index is 12.2. The second-order valence-corrected chi connectivity index (χ2v) is 6.54. The van der Waals surface area contributed by atoms with Crippen molar-refractivity contribution in [2.24, 2.45) is 17.7 Å². The number of hydrogen-bond donors (Lipinski definition) is 3. The Hall–Kier alpha value is -1.11. The third-order valence-electron chi connectivity index (χ3n) is 3.35. The number of benzene rings is 1. The fourth-order valence-electron chi connectivity index (χ4n) is 1.97. The Morgan fingerprint density at radius 1 is 1.39 bits per heavy atom. The van der Waals surface area contributed by atoms with Crippen LogP contribution in [0.3, 0.4) is 0 Å². The highest BCUT2D eigenvalue weighted by atomic mass is 32.2. The summed E-state index contributed by atoms with van der Waals surface area (Å²) in [6.45, 7) is 2.55. The first-order valence-electron chi connectivity index (χ1n) is 6.10. The summed E-state index contributed by atoms with van der Waals surface area (Å²) in [7, 11) is -3.50. The van der Waals surface area contributed by atoms with Crippen LogP contribution in [0.4, 0.5) is 5.69 Å². The Balaban J connectivity index is 2.09. The molecular weight excluding hydrogens is 250 g/mol. The van der Waals surface area contributed by atoms with Crippen molar-refractivity contribution in [1.82, 2.24) is 4.72 Å². The largest absolute Gasteiger partial charge is 0.323 e. The van der Waals surface area contributed by atoms with Crippen LogP contribution in [0.1, 0.15) is 19.8 Å². The zero-order chi connectivity index (χ0) is 13.2. The van der Waals surface area contributed by atoms with Gasteiger partial charge in [0.25, 0.3) is 0 Å². The van der Waals surface area contributed by atoms with Gasteiger partial charge in [0.15, 0.2) is 0 Å². The maximum absolute atomic E-state index is 12.2. The van der Waals surface area contributed by atoms with Crippen LogP contribution in [0, 0.1) is 11.8 Å². The third-order valence-corrected chi connectivity index (χ3v) is 4.84. The van der Waals surface area contributed by atoms with E-state index in [0.717, 1.165) is 0 Å². The highest BCUT2D eigenvalue weighted by Gasteiger charge is 2.29. The van der Waals surface area contributed by atoms with Gasteiger partial charge in [-0.2, -0.15) is 0 Å². The van der Waals surface area contributed by atoms with Crippen LogP contribution in [0.25, 0.3) is 0 Å². The fourth-order valence-corrected chi connectivity index (χ4v) is 3.28. The van der Waals surface area contributed by atoms with E-state index in [-0.39, 0.29) is 4.90 Å². The summed E-state index contributed by atoms with van der Waals surface area (Å²) in [6, 6.07) is 6.60. The standard InChI is InChI=1S/C12H19N3O2S/c1-9(10-6-7-10)8-14-18(16,17)12-5-3-2-4-11(12)15-13/h2-5,9-10,14-15H,6-8,13H2,1H3. The average molecular weight is 269 g/mol. The van der Waals surface area contributed by atoms with Crippen molar-refractivity contribution in [2.45, 2.75) is 24.7 Å². The number of sulfonamides is 1. The Morgan fingerprint density at radius 3 is 2.67 bits per heavy atom. The Morgan fingerprint density at radius 2 is 2.06 bits per heavy atom. The van der Waals surface area contributed by atoms with E-state index in [4.69, 9.17) is 5.84 Å². The van der Waals surface area contributed by atoms with Gasteiger partial charge in [-0.15, -0.1) is 0 Å². The van der Waals surface area contributed by atoms with Crippen LogP contribution >= 0.6 is 0 Å². The highest BCUT2D eigenvalue weighted by molar-refractivity contribution is 7.89. The van der Waals surface area contributed by atoms with Gasteiger partial charge in [-0.25, -0.2) is 13.1 Å². The normalized spacial score (nSPS) is 17.4. The number of rotatable bonds is 6. The number of nitrogens with two attached hydrogens (primary N) is 1. The van der Waals surface area contributed by atoms with E-state index in [1.165, 1.54) is 12.8 Å². The van der Waals surface area contributed by atoms with E-state index in [1.807, 2.05) is 0 Å². The molecular formula is C12H19N3O2S. The molecule has 0 heterocycles. The monoisotopic (exact) mass is 269 g/mol. The van der Waals surface area contributed by atoms with Gasteiger partial charge in [-0.3, -0.25) is 5.84 Å². The first kappa shape index (κ1) is 13.3. The van der Waals surface area contributed by atoms with Crippen LogP contribution in [0.2, 0.25) is 0 Å². The van der Waals surface area contributed by atoms with E-state index >= 15 is 0 Å². The van der Waals surface area contributed by atoms with Crippen molar-refractivity contribution >= 4 is 15.7 Å². The number of para-hydroxylation sites is 1. The molecule has 100 valence electrons. The molecule has 4 N–H and O–H groups in total. The van der Waals surface area contributed by atoms with Crippen LogP contribution in [0.5, 0.6) is 0 Å². The molecule has 18 heavy (non-hydrogen) atoms. The molecule has 1 fully saturated rings. The summed E-state index contributed by atoms with van der Waals surface area (Å²) >= 11 is 0. The summed E-state index contributed by atoms with van der Waals surface area (Å²) in [5.41, 5.74) is 2.81. The summed E-state index contributed by atoms with van der Waals surface area (Å²) in [5.74, 6) is 6.38. The molecule has 0 spiro atoms. The van der Waals surface area contributed by atoms with Crippen molar-refractivity contribution in [1.29, 1.82) is 0 Å². The molecule has 1 unspecified atom stereocenters. The lowest BCUT2D eigenvalue weighted by molar-refractivity contribution is 0.492. The number of nitrogens with one attached hydrogen (secondary N) is 2. The second kappa shape index (κ2) is 5.26. The predicted molar refractivity (Wildman–Crippen MR) is 71.3 cm³/mol. The molecule has 1 aliphatic rings. The van der Waals surface area contributed by atoms with Crippen LogP contribution in [-0.4, -0.2) is 15.0 Å². The van der Waals surface area contributed by atoms with Crippen LogP contribution in [-0.2, 0) is 10.0 Å². The van der Waals surface area contributed by atoms with E-state index in [2.05, 4.69) is 17.1 Å². The summed E-state index contributed by atoms with van der Waals surface area (Å²) in [5, 5.41) is 0. The Kier molecular flexibility index (Phi) is 3.89. The second-order valence-electron chi connectivity index (χ2n) is 4.81. The van der Waals surface area contributed by atoms with Gasteiger partial charge in [0.1, 0.15) is 4.90 Å². The zero-order valence-electron chi connectivity index (χ0n) is 10.4. The highest BCUT2D eigenvalue weighted by Crippen LogP contribution is 2.36. The van der Waals surface area contributed by atoms with Gasteiger partial charge in [0.2, 0.25) is 10.0 Å². The summed E-state index contributed by atoms with van der Waals surface area (Å²) < 4.78 is 27.0. The van der Waals surface area contributed by atoms with Crippen molar-refractivity contribution in [3.63, 3.8) is 0 Å². The molecule has 0 saturated heterocycles. The molecule has 0 aromatic heterocycles. The number of nitrogen functional groups attached to an aromatic ring is 1. The van der Waals surface area contributed by atoms with Crippen molar-refractivity contribution in [3.8, 4) is 0 Å². The molecule has 0 aliphatic heterocycles. The Bertz CT molecular complexity index is 512. The first-order chi connectivity index (χ1) is 8.54. The lowest BCUT2D eigenvalue weighted by Crippen LogP contribution is -2.30. The molecule has 5 nitrogen and oxygen atoms in total. The molecule has 1 aromatic rings. The van der Waals surface area contributed by atoms with E-state index < -0.39 is 10.0 Å².